The SMILES string of the molecule is Cc1ccc(C2CCNc3c(C)c(C)nn32)cc1C. The lowest BCUT2D eigenvalue weighted by Crippen LogP contribution is -2.24. The van der Waals surface area contributed by atoms with Crippen molar-refractivity contribution in [1.29, 1.82) is 0 Å². The van der Waals surface area contributed by atoms with E-state index in [2.05, 4.69) is 55.9 Å². The van der Waals surface area contributed by atoms with Crippen LogP contribution < -0.4 is 5.32 Å². The molecule has 0 saturated heterocycles. The lowest BCUT2D eigenvalue weighted by Gasteiger charge is -2.27. The van der Waals surface area contributed by atoms with Crippen molar-refractivity contribution in [2.75, 3.05) is 11.9 Å². The molecule has 0 fully saturated rings. The highest BCUT2D eigenvalue weighted by atomic mass is 15.4. The van der Waals surface area contributed by atoms with Gasteiger partial charge in [0.05, 0.1) is 11.7 Å². The molecule has 1 aliphatic rings. The first kappa shape index (κ1) is 12.3. The van der Waals surface area contributed by atoms with Gasteiger partial charge >= 0.3 is 0 Å². The molecule has 1 N–H and O–H groups in total. The average molecular weight is 255 g/mol. The van der Waals surface area contributed by atoms with Crippen LogP contribution in [0.3, 0.4) is 0 Å². The fraction of sp³-hybridized carbons (Fsp3) is 0.438. The second kappa shape index (κ2) is 4.41. The minimum atomic E-state index is 0.364. The molecule has 0 spiro atoms. The van der Waals surface area contributed by atoms with E-state index in [1.807, 2.05) is 0 Å². The Labute approximate surface area is 114 Å². The van der Waals surface area contributed by atoms with Gasteiger partial charge in [-0.3, -0.25) is 0 Å². The molecule has 19 heavy (non-hydrogen) atoms. The van der Waals surface area contributed by atoms with Crippen molar-refractivity contribution >= 4 is 5.82 Å². The number of benzene rings is 1. The molecule has 1 atom stereocenters. The van der Waals surface area contributed by atoms with Crippen LogP contribution in [0.15, 0.2) is 18.2 Å². The molecule has 0 aliphatic carbocycles. The first-order valence-electron chi connectivity index (χ1n) is 6.94. The van der Waals surface area contributed by atoms with Crippen LogP contribution in [0.2, 0.25) is 0 Å². The Bertz CT molecular complexity index is 625. The van der Waals surface area contributed by atoms with Crippen LogP contribution in [0.5, 0.6) is 0 Å². The van der Waals surface area contributed by atoms with Gasteiger partial charge < -0.3 is 5.32 Å². The molecule has 1 aliphatic heterocycles. The number of aryl methyl sites for hydroxylation is 3. The van der Waals surface area contributed by atoms with Crippen LogP contribution in [0.1, 0.15) is 40.4 Å². The van der Waals surface area contributed by atoms with Gasteiger partial charge in [-0.15, -0.1) is 0 Å². The summed E-state index contributed by atoms with van der Waals surface area (Å²) in [5.41, 5.74) is 6.48. The fourth-order valence-corrected chi connectivity index (χ4v) is 2.80. The molecule has 0 saturated carbocycles. The molecule has 0 radical (unpaired) electrons. The Morgan fingerprint density at radius 2 is 1.95 bits per heavy atom. The molecular weight excluding hydrogens is 234 g/mol. The summed E-state index contributed by atoms with van der Waals surface area (Å²) in [6, 6.07) is 7.13. The molecule has 100 valence electrons. The minimum absolute atomic E-state index is 0.364. The normalized spacial score (nSPS) is 18.0. The zero-order valence-electron chi connectivity index (χ0n) is 12.1. The van der Waals surface area contributed by atoms with Crippen LogP contribution in [-0.4, -0.2) is 16.3 Å². The van der Waals surface area contributed by atoms with Gasteiger partial charge in [-0.2, -0.15) is 5.10 Å². The third-order valence-corrected chi connectivity index (χ3v) is 4.31. The Kier molecular flexibility index (Phi) is 2.85. The maximum Gasteiger partial charge on any atom is 0.128 e. The Morgan fingerprint density at radius 1 is 1.16 bits per heavy atom. The predicted molar refractivity (Wildman–Crippen MR) is 78.9 cm³/mol. The zero-order valence-corrected chi connectivity index (χ0v) is 12.1. The van der Waals surface area contributed by atoms with E-state index in [9.17, 15) is 0 Å². The number of rotatable bonds is 1. The van der Waals surface area contributed by atoms with Gasteiger partial charge in [-0.05, 0) is 50.8 Å². The van der Waals surface area contributed by atoms with Crippen molar-refractivity contribution in [2.24, 2.45) is 0 Å². The maximum atomic E-state index is 4.71. The van der Waals surface area contributed by atoms with Crippen LogP contribution in [0.4, 0.5) is 5.82 Å². The lowest BCUT2D eigenvalue weighted by molar-refractivity contribution is 0.479. The smallest absolute Gasteiger partial charge is 0.128 e. The number of nitrogens with zero attached hydrogens (tertiary/aromatic N) is 2. The van der Waals surface area contributed by atoms with Crippen molar-refractivity contribution in [3.8, 4) is 0 Å². The summed E-state index contributed by atoms with van der Waals surface area (Å²) in [5.74, 6) is 1.19. The van der Waals surface area contributed by atoms with Crippen LogP contribution in [0.25, 0.3) is 0 Å². The van der Waals surface area contributed by atoms with Gasteiger partial charge in [0, 0.05) is 12.1 Å². The molecule has 1 unspecified atom stereocenters. The van der Waals surface area contributed by atoms with E-state index in [0.29, 0.717) is 6.04 Å². The first-order chi connectivity index (χ1) is 9.08. The quantitative estimate of drug-likeness (QED) is 0.845. The van der Waals surface area contributed by atoms with E-state index in [4.69, 9.17) is 5.10 Å². The van der Waals surface area contributed by atoms with Crippen LogP contribution in [0, 0.1) is 27.7 Å². The largest absolute Gasteiger partial charge is 0.370 e. The van der Waals surface area contributed by atoms with Crippen molar-refractivity contribution in [3.63, 3.8) is 0 Å². The monoisotopic (exact) mass is 255 g/mol. The van der Waals surface area contributed by atoms with Crippen molar-refractivity contribution < 1.29 is 0 Å². The maximum absolute atomic E-state index is 4.71. The number of hydrogen-bond acceptors (Lipinski definition) is 2. The standard InChI is InChI=1S/C16H21N3/c1-10-5-6-14(9-11(10)2)15-7-8-17-16-12(3)13(4)18-19(15)16/h5-6,9,15,17H,7-8H2,1-4H3. The Morgan fingerprint density at radius 3 is 2.68 bits per heavy atom. The number of fused-ring (bicyclic) bond motifs is 1. The lowest BCUT2D eigenvalue weighted by atomic mass is 9.98. The molecule has 2 heterocycles. The van der Waals surface area contributed by atoms with Crippen molar-refractivity contribution in [1.82, 2.24) is 9.78 Å². The molecule has 1 aromatic heterocycles. The third kappa shape index (κ3) is 1.93. The fourth-order valence-electron chi connectivity index (χ4n) is 2.80. The topological polar surface area (TPSA) is 29.9 Å². The molecule has 3 nitrogen and oxygen atoms in total. The summed E-state index contributed by atoms with van der Waals surface area (Å²) in [5, 5.41) is 8.19. The second-order valence-corrected chi connectivity index (χ2v) is 5.58. The van der Waals surface area contributed by atoms with E-state index in [1.54, 1.807) is 0 Å². The first-order valence-corrected chi connectivity index (χ1v) is 6.94. The number of hydrogen-bond donors (Lipinski definition) is 1. The summed E-state index contributed by atoms with van der Waals surface area (Å²) in [4.78, 5) is 0. The summed E-state index contributed by atoms with van der Waals surface area (Å²) in [6.07, 6.45) is 1.09. The van der Waals surface area contributed by atoms with Gasteiger partial charge in [0.15, 0.2) is 0 Å². The summed E-state index contributed by atoms with van der Waals surface area (Å²) < 4.78 is 2.16. The van der Waals surface area contributed by atoms with E-state index >= 15 is 0 Å². The molecule has 1 aromatic carbocycles. The Hall–Kier alpha value is -1.77. The number of aromatic nitrogens is 2. The van der Waals surface area contributed by atoms with Crippen LogP contribution >= 0.6 is 0 Å². The Balaban J connectivity index is 2.08. The zero-order chi connectivity index (χ0) is 13.6. The molecule has 3 heteroatoms. The molecule has 3 rings (SSSR count). The number of nitrogens with one attached hydrogen (secondary N) is 1. The summed E-state index contributed by atoms with van der Waals surface area (Å²) >= 11 is 0. The summed E-state index contributed by atoms with van der Waals surface area (Å²) in [7, 11) is 0. The molecule has 2 aromatic rings. The average Bonchev–Trinajstić information content (AvgIpc) is 2.69. The third-order valence-electron chi connectivity index (χ3n) is 4.31. The van der Waals surface area contributed by atoms with E-state index in [-0.39, 0.29) is 0 Å². The molecule has 0 bridgehead atoms. The van der Waals surface area contributed by atoms with E-state index in [0.717, 1.165) is 18.7 Å². The predicted octanol–water partition coefficient (Wildman–Crippen LogP) is 3.52. The van der Waals surface area contributed by atoms with E-state index < -0.39 is 0 Å². The highest BCUT2D eigenvalue weighted by Gasteiger charge is 2.24. The summed E-state index contributed by atoms with van der Waals surface area (Å²) in [6.45, 7) is 9.59. The van der Waals surface area contributed by atoms with Crippen molar-refractivity contribution in [3.05, 3.63) is 46.1 Å². The van der Waals surface area contributed by atoms with Gasteiger partial charge in [0.1, 0.15) is 5.82 Å². The second-order valence-electron chi connectivity index (χ2n) is 5.58. The highest BCUT2D eigenvalue weighted by Crippen LogP contribution is 2.33. The number of anilines is 1. The molecule has 0 amide bonds. The van der Waals surface area contributed by atoms with Crippen LogP contribution in [-0.2, 0) is 0 Å². The minimum Gasteiger partial charge on any atom is -0.370 e. The van der Waals surface area contributed by atoms with Gasteiger partial charge in [0.25, 0.3) is 0 Å². The molecular formula is C16H21N3. The van der Waals surface area contributed by atoms with Gasteiger partial charge in [0.2, 0.25) is 0 Å². The van der Waals surface area contributed by atoms with E-state index in [1.165, 1.54) is 28.1 Å². The highest BCUT2D eigenvalue weighted by molar-refractivity contribution is 5.49. The van der Waals surface area contributed by atoms with Gasteiger partial charge in [-0.1, -0.05) is 18.2 Å². The van der Waals surface area contributed by atoms with Crippen molar-refractivity contribution in [2.45, 2.75) is 40.2 Å². The van der Waals surface area contributed by atoms with Gasteiger partial charge in [-0.25, -0.2) is 4.68 Å².